The first kappa shape index (κ1) is 19.5. The molecule has 1 saturated carbocycles. The first-order valence-electron chi connectivity index (χ1n) is 14.2. The second kappa shape index (κ2) is 9.76. The first-order chi connectivity index (χ1) is 19.0. The highest BCUT2D eigenvalue weighted by Gasteiger charge is 2.35. The van der Waals surface area contributed by atoms with E-state index in [-0.39, 0.29) is 27.6 Å². The third-order valence-corrected chi connectivity index (χ3v) is 6.01. The second-order valence-corrected chi connectivity index (χ2v) is 9.84. The highest BCUT2D eigenvalue weighted by Crippen LogP contribution is 2.41. The Morgan fingerprint density at radius 1 is 1.22 bits per heavy atom. The lowest BCUT2D eigenvalue weighted by Crippen LogP contribution is -2.50. The Morgan fingerprint density at radius 2 is 1.92 bits per heavy atom. The molecule has 0 spiro atoms. The van der Waals surface area contributed by atoms with Crippen molar-refractivity contribution in [1.29, 1.82) is 0 Å². The summed E-state index contributed by atoms with van der Waals surface area (Å²) >= 11 is 0. The molecular weight excluding hydrogens is 461 g/mol. The molecule has 1 aromatic heterocycles. The number of nitrogens with zero attached hydrogens (tertiary/aromatic N) is 2. The largest absolute Gasteiger partial charge is 0.442 e. The van der Waals surface area contributed by atoms with E-state index in [0.717, 1.165) is 24.5 Å². The van der Waals surface area contributed by atoms with Gasteiger partial charge in [-0.2, -0.15) is 0 Å². The number of pyridine rings is 1. The van der Waals surface area contributed by atoms with Crippen LogP contribution in [0.4, 0.5) is 9.18 Å². The lowest BCUT2D eigenvalue weighted by molar-refractivity contribution is 0.0537. The van der Waals surface area contributed by atoms with E-state index in [4.69, 9.17) is 11.6 Å². The molecule has 0 bridgehead atoms. The molecule has 36 heavy (non-hydrogen) atoms. The van der Waals surface area contributed by atoms with Crippen molar-refractivity contribution in [3.8, 4) is 0 Å². The highest BCUT2D eigenvalue weighted by molar-refractivity contribution is 6.08. The summed E-state index contributed by atoms with van der Waals surface area (Å²) in [6.07, 6.45) is 0.240. The fourth-order valence-corrected chi connectivity index (χ4v) is 4.30. The maximum atomic E-state index is 15.2. The summed E-state index contributed by atoms with van der Waals surface area (Å²) in [5.74, 6) is -1.58. The molecule has 1 atom stereocenters. The third-order valence-electron chi connectivity index (χ3n) is 6.01. The average Bonchev–Trinajstić information content (AvgIpc) is 3.69. The molecule has 3 aromatic rings. The van der Waals surface area contributed by atoms with Gasteiger partial charge in [-0.05, 0) is 64.9 Å². The number of nitrogens with one attached hydrogen (secondary N) is 1. The van der Waals surface area contributed by atoms with Crippen LogP contribution < -0.4 is 15.9 Å². The van der Waals surface area contributed by atoms with Crippen molar-refractivity contribution in [3.05, 3.63) is 81.5 Å². The van der Waals surface area contributed by atoms with Crippen LogP contribution in [0.15, 0.2) is 53.3 Å². The van der Waals surface area contributed by atoms with Crippen LogP contribution in [0.3, 0.4) is 0 Å². The Labute approximate surface area is 216 Å². The molecule has 1 aliphatic rings. The van der Waals surface area contributed by atoms with Gasteiger partial charge in [-0.3, -0.25) is 9.59 Å². The second-order valence-electron chi connectivity index (χ2n) is 9.84. The van der Waals surface area contributed by atoms with Gasteiger partial charge in [0, 0.05) is 16.0 Å². The van der Waals surface area contributed by atoms with Gasteiger partial charge < -0.3 is 10.1 Å². The van der Waals surface area contributed by atoms with Crippen LogP contribution in [0.2, 0.25) is 0 Å². The number of benzene rings is 2. The molecule has 1 fully saturated rings. The van der Waals surface area contributed by atoms with Crippen molar-refractivity contribution < 1.29 is 25.6 Å². The normalized spacial score (nSPS) is 17.2. The molecule has 1 aliphatic carbocycles. The number of hydrogen-bond acceptors (Lipinski definition) is 4. The van der Waals surface area contributed by atoms with E-state index in [0.29, 0.717) is 4.68 Å². The zero-order chi connectivity index (χ0) is 30.5. The molecule has 8 heteroatoms. The van der Waals surface area contributed by atoms with Gasteiger partial charge in [0.2, 0.25) is 0 Å². The molecule has 2 amide bonds. The van der Waals surface area contributed by atoms with E-state index in [1.165, 1.54) is 39.8 Å². The molecule has 190 valence electrons. The Hall–Kier alpha value is -3.68. The standard InChI is InChI=1S/C28H32FN3O4/c1-6-31(27(35)36-28(3,4)5)32-17(2)22(20-13-10-14-21(29)23(20)26(32)34)25(33)30-24(19-15-16-19)18-11-8-7-9-12-18/h7-14,19,24H,6,15-16H2,1-5H3,(H,30,33)/t24-/m1/s1/i1D3,6D2. The number of fused-ring (bicyclic) bond motifs is 1. The minimum absolute atomic E-state index is 0.0150. The fraction of sp³-hybridized carbons (Fsp3) is 0.393. The molecule has 0 saturated heterocycles. The van der Waals surface area contributed by atoms with Crippen molar-refractivity contribution >= 4 is 22.8 Å². The number of halogens is 1. The first-order valence-corrected chi connectivity index (χ1v) is 11.7. The number of carbonyl (C=O) groups excluding carboxylic acids is 2. The van der Waals surface area contributed by atoms with Crippen molar-refractivity contribution in [2.24, 2.45) is 5.92 Å². The van der Waals surface area contributed by atoms with E-state index < -0.39 is 53.8 Å². The molecule has 0 radical (unpaired) electrons. The van der Waals surface area contributed by atoms with Gasteiger partial charge in [-0.1, -0.05) is 42.5 Å². The molecule has 1 heterocycles. The lowest BCUT2D eigenvalue weighted by atomic mass is 9.99. The van der Waals surface area contributed by atoms with Gasteiger partial charge >= 0.3 is 6.09 Å². The third kappa shape index (κ3) is 4.98. The molecule has 1 N–H and O–H groups in total. The molecule has 7 nitrogen and oxygen atoms in total. The summed E-state index contributed by atoms with van der Waals surface area (Å²) in [4.78, 5) is 41.1. The summed E-state index contributed by atoms with van der Waals surface area (Å²) in [5.41, 5.74) is -2.08. The van der Waals surface area contributed by atoms with E-state index in [1.54, 1.807) is 0 Å². The van der Waals surface area contributed by atoms with Crippen LogP contribution in [0, 0.1) is 18.7 Å². The molecule has 2 aromatic carbocycles. The minimum atomic E-state index is -3.50. The van der Waals surface area contributed by atoms with Gasteiger partial charge in [0.05, 0.1) is 25.4 Å². The number of hydrogen-bond donors (Lipinski definition) is 1. The average molecular weight is 499 g/mol. The van der Waals surface area contributed by atoms with Crippen LogP contribution in [0.1, 0.15) is 75.0 Å². The van der Waals surface area contributed by atoms with Crippen LogP contribution in [0.25, 0.3) is 10.8 Å². The van der Waals surface area contributed by atoms with Gasteiger partial charge in [0.15, 0.2) is 0 Å². The Kier molecular flexibility index (Phi) is 5.29. The molecule has 0 aliphatic heterocycles. The topological polar surface area (TPSA) is 80.6 Å². The molecule has 0 unspecified atom stereocenters. The zero-order valence-electron chi connectivity index (χ0n) is 25.6. The molecular formula is C28H32FN3O4. The van der Waals surface area contributed by atoms with Crippen molar-refractivity contribution in [2.45, 2.75) is 59.0 Å². The summed E-state index contributed by atoms with van der Waals surface area (Å²) in [5, 5.41) is 2.31. The van der Waals surface area contributed by atoms with Crippen molar-refractivity contribution in [2.75, 3.05) is 11.5 Å². The maximum Gasteiger partial charge on any atom is 0.429 e. The Balaban J connectivity index is 1.99. The Bertz CT molecular complexity index is 1550. The summed E-state index contributed by atoms with van der Waals surface area (Å²) in [6, 6.07) is 12.5. The fourth-order valence-electron chi connectivity index (χ4n) is 4.30. The van der Waals surface area contributed by atoms with Gasteiger partial charge in [0.1, 0.15) is 11.4 Å². The van der Waals surface area contributed by atoms with E-state index >= 15 is 4.39 Å². The predicted octanol–water partition coefficient (Wildman–Crippen LogP) is 5.22. The SMILES string of the molecule is [2H]C([2H])([2H])C([2H])([2H])N(C(=O)OC(C)(C)C)n1c(C)c(C(=O)N[C@H](c2ccccc2)C2CC2)c2cccc(F)c2c1=O. The van der Waals surface area contributed by atoms with E-state index in [9.17, 15) is 14.4 Å². The van der Waals surface area contributed by atoms with Gasteiger partial charge in [-0.25, -0.2) is 18.9 Å². The number of carbonyl (C=O) groups is 2. The van der Waals surface area contributed by atoms with E-state index in [2.05, 4.69) is 5.32 Å². The maximum absolute atomic E-state index is 15.2. The van der Waals surface area contributed by atoms with Crippen LogP contribution in [-0.2, 0) is 4.74 Å². The summed E-state index contributed by atoms with van der Waals surface area (Å²) in [7, 11) is 0. The van der Waals surface area contributed by atoms with Gasteiger partial charge in [0.25, 0.3) is 11.5 Å². The zero-order valence-corrected chi connectivity index (χ0v) is 20.6. The van der Waals surface area contributed by atoms with Crippen LogP contribution >= 0.6 is 0 Å². The van der Waals surface area contributed by atoms with Crippen LogP contribution in [-0.4, -0.2) is 28.8 Å². The highest BCUT2D eigenvalue weighted by atomic mass is 19.1. The lowest BCUT2D eigenvalue weighted by Gasteiger charge is -2.30. The number of rotatable bonds is 6. The quantitative estimate of drug-likeness (QED) is 0.505. The van der Waals surface area contributed by atoms with E-state index in [1.807, 2.05) is 30.3 Å². The Morgan fingerprint density at radius 3 is 2.53 bits per heavy atom. The van der Waals surface area contributed by atoms with Crippen molar-refractivity contribution in [1.82, 2.24) is 9.99 Å². The predicted molar refractivity (Wildman–Crippen MR) is 137 cm³/mol. The smallest absolute Gasteiger partial charge is 0.429 e. The van der Waals surface area contributed by atoms with Gasteiger partial charge in [-0.15, -0.1) is 0 Å². The monoisotopic (exact) mass is 498 g/mol. The number of ether oxygens (including phenoxy) is 1. The number of aromatic nitrogens is 1. The van der Waals surface area contributed by atoms with Crippen molar-refractivity contribution in [3.63, 3.8) is 0 Å². The minimum Gasteiger partial charge on any atom is -0.442 e. The molecule has 4 rings (SSSR count). The van der Waals surface area contributed by atoms with Crippen LogP contribution in [0.5, 0.6) is 0 Å². The summed E-state index contributed by atoms with van der Waals surface area (Å²) < 4.78 is 61.2. The summed E-state index contributed by atoms with van der Waals surface area (Å²) in [6.45, 7) is -1.27. The number of amides is 2.